The van der Waals surface area contributed by atoms with Crippen LogP contribution in [-0.4, -0.2) is 101 Å². The van der Waals surface area contributed by atoms with Gasteiger partial charge in [0.15, 0.2) is 11.0 Å². The van der Waals surface area contributed by atoms with Gasteiger partial charge in [0.2, 0.25) is 12.0 Å². The van der Waals surface area contributed by atoms with Crippen LogP contribution in [0.15, 0.2) is 40.7 Å². The van der Waals surface area contributed by atoms with Gasteiger partial charge in [-0.15, -0.1) is 11.8 Å². The second-order valence-corrected chi connectivity index (χ2v) is 12.6. The van der Waals surface area contributed by atoms with Crippen LogP contribution >= 0.6 is 23.5 Å². The molecule has 3 unspecified atom stereocenters. The van der Waals surface area contributed by atoms with Crippen LogP contribution in [-0.2, 0) is 28.7 Å². The number of carbonyl (C=O) groups is 5. The van der Waals surface area contributed by atoms with Crippen LogP contribution in [0.3, 0.4) is 0 Å². The summed E-state index contributed by atoms with van der Waals surface area (Å²) in [6, 6.07) is 3.19. The second kappa shape index (κ2) is 13.1. The van der Waals surface area contributed by atoms with Gasteiger partial charge in [-0.25, -0.2) is 19.4 Å². The Labute approximate surface area is 258 Å². The van der Waals surface area contributed by atoms with Crippen molar-refractivity contribution in [2.45, 2.75) is 55.1 Å². The fraction of sp³-hybridized carbons (Fsp3) is 0.423. The largest absolute Gasteiger partial charge is 0.508 e. The number of H-pyrrole nitrogens is 1. The van der Waals surface area contributed by atoms with E-state index < -0.39 is 59.0 Å². The Kier molecular flexibility index (Phi) is 9.75. The fourth-order valence-electron chi connectivity index (χ4n) is 4.34. The van der Waals surface area contributed by atoms with E-state index in [0.717, 1.165) is 16.7 Å². The lowest BCUT2D eigenvalue weighted by molar-refractivity contribution is -0.151. The van der Waals surface area contributed by atoms with E-state index in [9.17, 15) is 39.3 Å². The average molecular weight is 651 g/mol. The molecule has 0 saturated carbocycles. The zero-order valence-electron chi connectivity index (χ0n) is 23.9. The molecule has 2 aliphatic heterocycles. The van der Waals surface area contributed by atoms with Gasteiger partial charge >= 0.3 is 18.0 Å². The maximum Gasteiger partial charge on any atom is 0.408 e. The molecule has 3 heterocycles. The highest BCUT2D eigenvalue weighted by Gasteiger charge is 2.54. The number of methoxy groups -OCH3 is 1. The number of aromatic hydroxyl groups is 1. The summed E-state index contributed by atoms with van der Waals surface area (Å²) in [5.41, 5.74) is -0.347. The second-order valence-electron chi connectivity index (χ2n) is 10.6. The maximum atomic E-state index is 13.4. The standard InChI is InChI=1S/C26H30N6O10S2/c1-26(2,3)42-25(40)28-14(11-5-7-13(33)8-6-11)19(34)27-15-20(35)32-16(22(36)37)12(9-43-21(15)32)10-44-24-29-18(30-31-24)17(41-4)23(38)39/h5-8,14-15,17,21,33H,9-10H2,1-4H3,(H,27,34)(H,28,40)(H,36,37)(H,38,39)(H,29,30,31)/t14?,15?,17?,21-/m0/s1. The third kappa shape index (κ3) is 7.25. The first kappa shape index (κ1) is 32.6. The van der Waals surface area contributed by atoms with Crippen molar-refractivity contribution < 1.29 is 48.8 Å². The highest BCUT2D eigenvalue weighted by Crippen LogP contribution is 2.41. The molecule has 2 aromatic rings. The molecule has 18 heteroatoms. The van der Waals surface area contributed by atoms with Gasteiger partial charge < -0.3 is 35.4 Å². The van der Waals surface area contributed by atoms with Gasteiger partial charge in [0.1, 0.15) is 34.5 Å². The van der Waals surface area contributed by atoms with E-state index in [4.69, 9.17) is 9.47 Å². The van der Waals surface area contributed by atoms with Crippen molar-refractivity contribution in [2.75, 3.05) is 18.6 Å². The average Bonchev–Trinajstić information content (AvgIpc) is 3.40. The van der Waals surface area contributed by atoms with Gasteiger partial charge in [0.25, 0.3) is 5.91 Å². The van der Waals surface area contributed by atoms with E-state index in [0.29, 0.717) is 11.1 Å². The number of nitrogens with zero attached hydrogens (tertiary/aromatic N) is 3. The van der Waals surface area contributed by atoms with Crippen LogP contribution in [0.5, 0.6) is 5.75 Å². The third-order valence-electron chi connectivity index (χ3n) is 6.26. The number of fused-ring (bicyclic) bond motifs is 1. The Balaban J connectivity index is 1.47. The number of alkyl carbamates (subject to hydrolysis) is 1. The lowest BCUT2D eigenvalue weighted by Crippen LogP contribution is -2.71. The van der Waals surface area contributed by atoms with Crippen molar-refractivity contribution in [1.82, 2.24) is 30.7 Å². The van der Waals surface area contributed by atoms with Gasteiger partial charge in [-0.3, -0.25) is 19.6 Å². The number of aliphatic carboxylic acids is 2. The predicted molar refractivity (Wildman–Crippen MR) is 154 cm³/mol. The normalized spacial score (nSPS) is 19.4. The molecule has 0 spiro atoms. The number of carboxylic acid groups (broad SMARTS) is 2. The number of phenolic OH excluding ortho intramolecular Hbond substituents is 1. The van der Waals surface area contributed by atoms with E-state index >= 15 is 0 Å². The van der Waals surface area contributed by atoms with Crippen LogP contribution in [0.1, 0.15) is 44.3 Å². The molecule has 1 fully saturated rings. The molecule has 1 aromatic carbocycles. The van der Waals surface area contributed by atoms with Crippen LogP contribution in [0.25, 0.3) is 0 Å². The minimum Gasteiger partial charge on any atom is -0.508 e. The van der Waals surface area contributed by atoms with Crippen molar-refractivity contribution in [3.8, 4) is 5.75 Å². The maximum absolute atomic E-state index is 13.4. The first-order valence-electron chi connectivity index (χ1n) is 13.0. The van der Waals surface area contributed by atoms with Crippen LogP contribution in [0, 0.1) is 0 Å². The Morgan fingerprint density at radius 1 is 1.20 bits per heavy atom. The van der Waals surface area contributed by atoms with E-state index in [-0.39, 0.29) is 33.9 Å². The molecule has 44 heavy (non-hydrogen) atoms. The number of amides is 3. The molecule has 0 aliphatic carbocycles. The van der Waals surface area contributed by atoms with E-state index in [1.165, 1.54) is 43.1 Å². The summed E-state index contributed by atoms with van der Waals surface area (Å²) in [7, 11) is 1.20. The molecule has 1 saturated heterocycles. The summed E-state index contributed by atoms with van der Waals surface area (Å²) in [4.78, 5) is 67.8. The molecule has 236 valence electrons. The van der Waals surface area contributed by atoms with Gasteiger partial charge in [-0.1, -0.05) is 23.9 Å². The van der Waals surface area contributed by atoms with Crippen molar-refractivity contribution in [1.29, 1.82) is 0 Å². The number of phenols is 1. The molecule has 1 aromatic heterocycles. The number of benzene rings is 1. The molecule has 6 N–H and O–H groups in total. The zero-order chi connectivity index (χ0) is 32.3. The molecule has 0 radical (unpaired) electrons. The number of β-lactam (4-membered cyclic amide) rings is 1. The Morgan fingerprint density at radius 2 is 1.89 bits per heavy atom. The molecular weight excluding hydrogens is 620 g/mol. The molecule has 4 rings (SSSR count). The summed E-state index contributed by atoms with van der Waals surface area (Å²) in [5.74, 6) is -3.84. The number of carboxylic acids is 2. The first-order valence-corrected chi connectivity index (χ1v) is 15.0. The predicted octanol–water partition coefficient (Wildman–Crippen LogP) is 1.38. The van der Waals surface area contributed by atoms with Gasteiger partial charge in [-0.2, -0.15) is 5.10 Å². The Hall–Kier alpha value is -4.29. The highest BCUT2D eigenvalue weighted by atomic mass is 32.2. The van der Waals surface area contributed by atoms with Crippen molar-refractivity contribution in [3.05, 3.63) is 46.9 Å². The smallest absolute Gasteiger partial charge is 0.408 e. The highest BCUT2D eigenvalue weighted by molar-refractivity contribution is 8.01. The molecule has 16 nitrogen and oxygen atoms in total. The number of hydrogen-bond donors (Lipinski definition) is 6. The molecular formula is C26H30N6O10S2. The first-order chi connectivity index (χ1) is 20.7. The number of rotatable bonds is 11. The van der Waals surface area contributed by atoms with E-state index in [2.05, 4.69) is 25.8 Å². The Bertz CT molecular complexity index is 1490. The lowest BCUT2D eigenvalue weighted by atomic mass is 10.0. The van der Waals surface area contributed by atoms with Gasteiger partial charge in [0, 0.05) is 18.6 Å². The van der Waals surface area contributed by atoms with Crippen molar-refractivity contribution in [2.24, 2.45) is 0 Å². The quantitative estimate of drug-likeness (QED) is 0.149. The van der Waals surface area contributed by atoms with Crippen LogP contribution in [0.2, 0.25) is 0 Å². The minimum absolute atomic E-state index is 0.0567. The number of hydrogen-bond acceptors (Lipinski definition) is 12. The van der Waals surface area contributed by atoms with Crippen molar-refractivity contribution in [3.63, 3.8) is 0 Å². The number of thioether (sulfide) groups is 2. The summed E-state index contributed by atoms with van der Waals surface area (Å²) in [5, 5.41) is 39.9. The summed E-state index contributed by atoms with van der Waals surface area (Å²) in [6.45, 7) is 4.97. The monoisotopic (exact) mass is 650 g/mol. The van der Waals surface area contributed by atoms with Crippen LogP contribution < -0.4 is 10.6 Å². The minimum atomic E-state index is -1.38. The summed E-state index contributed by atoms with van der Waals surface area (Å²) < 4.78 is 10.1. The number of aromatic amines is 1. The molecule has 0 bridgehead atoms. The summed E-state index contributed by atoms with van der Waals surface area (Å²) in [6.07, 6.45) is -2.25. The van der Waals surface area contributed by atoms with E-state index in [1.807, 2.05) is 0 Å². The summed E-state index contributed by atoms with van der Waals surface area (Å²) >= 11 is 2.32. The number of aromatic nitrogens is 3. The molecule has 4 atom stereocenters. The zero-order valence-corrected chi connectivity index (χ0v) is 25.5. The van der Waals surface area contributed by atoms with Crippen molar-refractivity contribution >= 4 is 53.4 Å². The number of ether oxygens (including phenoxy) is 2. The van der Waals surface area contributed by atoms with Gasteiger partial charge in [0.05, 0.1) is 0 Å². The number of nitrogens with one attached hydrogen (secondary N) is 3. The lowest BCUT2D eigenvalue weighted by Gasteiger charge is -2.49. The number of carbonyl (C=O) groups excluding carboxylic acids is 3. The SMILES string of the molecule is COC(C(=O)O)c1n[nH]c(SCC2=C(C(=O)O)N3C(=O)C(NC(=O)C(NC(=O)OC(C)(C)C)c4ccc(O)cc4)[C@@H]3SC2)n1. The molecule has 3 amide bonds. The molecule has 2 aliphatic rings. The van der Waals surface area contributed by atoms with Crippen LogP contribution in [0.4, 0.5) is 4.79 Å². The topological polar surface area (TPSA) is 233 Å². The van der Waals surface area contributed by atoms with E-state index in [1.54, 1.807) is 20.8 Å². The fourth-order valence-corrected chi connectivity index (χ4v) is 6.63. The van der Waals surface area contributed by atoms with Gasteiger partial charge in [-0.05, 0) is 44.0 Å². The third-order valence-corrected chi connectivity index (χ3v) is 8.55. The Morgan fingerprint density at radius 3 is 2.48 bits per heavy atom.